The second-order valence-electron chi connectivity index (χ2n) is 6.03. The van der Waals surface area contributed by atoms with Crippen molar-refractivity contribution in [2.24, 2.45) is 11.8 Å². The van der Waals surface area contributed by atoms with Crippen LogP contribution < -0.4 is 5.32 Å². The Kier molecular flexibility index (Phi) is 6.08. The fourth-order valence-corrected chi connectivity index (χ4v) is 3.55. The van der Waals surface area contributed by atoms with E-state index in [9.17, 15) is 8.42 Å². The molecule has 0 aromatic rings. The minimum Gasteiger partial charge on any atom is -0.314 e. The molecule has 18 heavy (non-hydrogen) atoms. The molecular formula is C13H28N2O2S. The average Bonchev–Trinajstić information content (AvgIpc) is 2.25. The molecule has 0 spiro atoms. The highest BCUT2D eigenvalue weighted by Crippen LogP contribution is 2.24. The van der Waals surface area contributed by atoms with Gasteiger partial charge in [-0.3, -0.25) is 0 Å². The maximum atomic E-state index is 11.5. The molecule has 0 bridgehead atoms. The van der Waals surface area contributed by atoms with E-state index in [1.807, 2.05) is 0 Å². The molecule has 1 fully saturated rings. The molecular weight excluding hydrogens is 248 g/mol. The van der Waals surface area contributed by atoms with Gasteiger partial charge < -0.3 is 5.32 Å². The van der Waals surface area contributed by atoms with Crippen LogP contribution in [0, 0.1) is 11.8 Å². The highest BCUT2D eigenvalue weighted by atomic mass is 32.2. The van der Waals surface area contributed by atoms with E-state index in [1.165, 1.54) is 6.26 Å². The van der Waals surface area contributed by atoms with Crippen molar-refractivity contribution in [1.29, 1.82) is 0 Å². The second kappa shape index (κ2) is 6.87. The number of rotatable bonds is 6. The van der Waals surface area contributed by atoms with Gasteiger partial charge in [0.05, 0.1) is 6.26 Å². The molecule has 0 aromatic carbocycles. The summed E-state index contributed by atoms with van der Waals surface area (Å²) in [5.74, 6) is 1.13. The molecule has 1 N–H and O–H groups in total. The molecule has 1 aliphatic rings. The normalized spacial score (nSPS) is 24.4. The van der Waals surface area contributed by atoms with Crippen LogP contribution in [0.25, 0.3) is 0 Å². The van der Waals surface area contributed by atoms with Gasteiger partial charge in [-0.15, -0.1) is 0 Å². The van der Waals surface area contributed by atoms with Gasteiger partial charge in [-0.1, -0.05) is 20.8 Å². The highest BCUT2D eigenvalue weighted by Gasteiger charge is 2.26. The average molecular weight is 276 g/mol. The summed E-state index contributed by atoms with van der Waals surface area (Å²) < 4.78 is 24.7. The van der Waals surface area contributed by atoms with Crippen LogP contribution in [0.5, 0.6) is 0 Å². The Morgan fingerprint density at radius 3 is 2.56 bits per heavy atom. The molecule has 5 heteroatoms. The van der Waals surface area contributed by atoms with Crippen molar-refractivity contribution < 1.29 is 8.42 Å². The number of sulfonamides is 1. The van der Waals surface area contributed by atoms with E-state index in [0.29, 0.717) is 31.0 Å². The molecule has 108 valence electrons. The van der Waals surface area contributed by atoms with Crippen molar-refractivity contribution in [3.63, 3.8) is 0 Å². The van der Waals surface area contributed by atoms with Crippen molar-refractivity contribution in [2.75, 3.05) is 25.9 Å². The Hall–Kier alpha value is -0.130. The summed E-state index contributed by atoms with van der Waals surface area (Å²) in [7, 11) is -3.00. The number of piperidine rings is 1. The number of nitrogens with zero attached hydrogens (tertiary/aromatic N) is 1. The summed E-state index contributed by atoms with van der Waals surface area (Å²) in [5, 5.41) is 3.44. The lowest BCUT2D eigenvalue weighted by Gasteiger charge is -2.32. The van der Waals surface area contributed by atoms with E-state index in [2.05, 4.69) is 26.1 Å². The van der Waals surface area contributed by atoms with Gasteiger partial charge in [0.2, 0.25) is 10.0 Å². The van der Waals surface area contributed by atoms with E-state index in [4.69, 9.17) is 0 Å². The monoisotopic (exact) mass is 276 g/mol. The van der Waals surface area contributed by atoms with Crippen molar-refractivity contribution in [3.05, 3.63) is 0 Å². The second-order valence-corrected chi connectivity index (χ2v) is 8.02. The number of hydrogen-bond acceptors (Lipinski definition) is 3. The lowest BCUT2D eigenvalue weighted by atomic mass is 9.90. The van der Waals surface area contributed by atoms with E-state index in [-0.39, 0.29) is 0 Å². The van der Waals surface area contributed by atoms with Crippen LogP contribution in [0.15, 0.2) is 0 Å². The predicted octanol–water partition coefficient (Wildman–Crippen LogP) is 1.68. The molecule has 0 amide bonds. The highest BCUT2D eigenvalue weighted by molar-refractivity contribution is 7.88. The van der Waals surface area contributed by atoms with Gasteiger partial charge in [-0.05, 0) is 37.6 Å². The van der Waals surface area contributed by atoms with Crippen LogP contribution in [0.3, 0.4) is 0 Å². The van der Waals surface area contributed by atoms with Gasteiger partial charge >= 0.3 is 0 Å². The summed E-state index contributed by atoms with van der Waals surface area (Å²) >= 11 is 0. The first kappa shape index (κ1) is 15.9. The molecule has 0 radical (unpaired) electrons. The number of nitrogens with one attached hydrogen (secondary N) is 1. The Labute approximate surface area is 112 Å². The van der Waals surface area contributed by atoms with Crippen molar-refractivity contribution >= 4 is 10.0 Å². The first-order valence-electron chi connectivity index (χ1n) is 6.97. The van der Waals surface area contributed by atoms with Gasteiger partial charge in [0.15, 0.2) is 0 Å². The topological polar surface area (TPSA) is 49.4 Å². The van der Waals surface area contributed by atoms with Crippen LogP contribution in [0.4, 0.5) is 0 Å². The quantitative estimate of drug-likeness (QED) is 0.803. The fourth-order valence-electron chi connectivity index (χ4n) is 2.61. The molecule has 1 rings (SSSR count). The standard InChI is InChI=1S/C13H28N2O2S/c1-11(2)14-9-12(3)8-13-6-5-7-15(10-13)18(4,16)17/h11-14H,5-10H2,1-4H3. The maximum Gasteiger partial charge on any atom is 0.211 e. The van der Waals surface area contributed by atoms with Gasteiger partial charge in [-0.2, -0.15) is 0 Å². The SMILES string of the molecule is CC(CNC(C)C)CC1CCCN(S(C)(=O)=O)C1. The Balaban J connectivity index is 2.38. The van der Waals surface area contributed by atoms with Crippen LogP contribution in [0.2, 0.25) is 0 Å². The molecule has 1 aliphatic heterocycles. The zero-order valence-electron chi connectivity index (χ0n) is 12.1. The third-order valence-electron chi connectivity index (χ3n) is 3.56. The predicted molar refractivity (Wildman–Crippen MR) is 76.1 cm³/mol. The fraction of sp³-hybridized carbons (Fsp3) is 1.00. The van der Waals surface area contributed by atoms with E-state index >= 15 is 0 Å². The van der Waals surface area contributed by atoms with Crippen molar-refractivity contribution in [3.8, 4) is 0 Å². The van der Waals surface area contributed by atoms with Crippen molar-refractivity contribution in [2.45, 2.75) is 46.1 Å². The Bertz CT molecular complexity index is 341. The molecule has 2 unspecified atom stereocenters. The van der Waals surface area contributed by atoms with E-state index in [1.54, 1.807) is 4.31 Å². The maximum absolute atomic E-state index is 11.5. The molecule has 2 atom stereocenters. The lowest BCUT2D eigenvalue weighted by molar-refractivity contribution is 0.232. The molecule has 1 saturated heterocycles. The van der Waals surface area contributed by atoms with E-state index in [0.717, 1.165) is 25.8 Å². The van der Waals surface area contributed by atoms with Gasteiger partial charge in [0.1, 0.15) is 0 Å². The van der Waals surface area contributed by atoms with Gasteiger partial charge in [0, 0.05) is 19.1 Å². The molecule has 1 heterocycles. The van der Waals surface area contributed by atoms with Gasteiger partial charge in [0.25, 0.3) is 0 Å². The minimum atomic E-state index is -3.00. The van der Waals surface area contributed by atoms with Gasteiger partial charge in [-0.25, -0.2) is 12.7 Å². The first-order valence-corrected chi connectivity index (χ1v) is 8.82. The largest absolute Gasteiger partial charge is 0.314 e. The Morgan fingerprint density at radius 2 is 2.00 bits per heavy atom. The summed E-state index contributed by atoms with van der Waals surface area (Å²) in [6.45, 7) is 8.98. The molecule has 4 nitrogen and oxygen atoms in total. The summed E-state index contributed by atoms with van der Waals surface area (Å²) in [6, 6.07) is 0.520. The van der Waals surface area contributed by atoms with Crippen molar-refractivity contribution in [1.82, 2.24) is 9.62 Å². The smallest absolute Gasteiger partial charge is 0.211 e. The first-order chi connectivity index (χ1) is 8.29. The lowest BCUT2D eigenvalue weighted by Crippen LogP contribution is -2.40. The van der Waals surface area contributed by atoms with Crippen LogP contribution >= 0.6 is 0 Å². The summed E-state index contributed by atoms with van der Waals surface area (Å²) in [6.07, 6.45) is 4.60. The minimum absolute atomic E-state index is 0.520. The zero-order chi connectivity index (χ0) is 13.8. The van der Waals surface area contributed by atoms with Crippen LogP contribution in [-0.2, 0) is 10.0 Å². The summed E-state index contributed by atoms with van der Waals surface area (Å²) in [4.78, 5) is 0. The number of hydrogen-bond donors (Lipinski definition) is 1. The Morgan fingerprint density at radius 1 is 1.33 bits per heavy atom. The third-order valence-corrected chi connectivity index (χ3v) is 4.83. The molecule has 0 aromatic heterocycles. The molecule has 0 aliphatic carbocycles. The third kappa shape index (κ3) is 5.67. The van der Waals surface area contributed by atoms with E-state index < -0.39 is 10.0 Å². The molecule has 0 saturated carbocycles. The van der Waals surface area contributed by atoms with Crippen LogP contribution in [0.1, 0.15) is 40.0 Å². The van der Waals surface area contributed by atoms with Crippen LogP contribution in [-0.4, -0.2) is 44.7 Å². The summed E-state index contributed by atoms with van der Waals surface area (Å²) in [5.41, 5.74) is 0. The zero-order valence-corrected chi connectivity index (χ0v) is 13.0.